The van der Waals surface area contributed by atoms with E-state index in [4.69, 9.17) is 5.11 Å². The first-order valence-electron chi connectivity index (χ1n) is 4.78. The van der Waals surface area contributed by atoms with Crippen LogP contribution in [-0.4, -0.2) is 65.8 Å². The number of halogens is 5. The Hall–Kier alpha value is -1.12. The van der Waals surface area contributed by atoms with Gasteiger partial charge in [-0.1, -0.05) is 0 Å². The van der Waals surface area contributed by atoms with Crippen LogP contribution in [0.2, 0.25) is 0 Å². The van der Waals surface area contributed by atoms with Crippen LogP contribution < -0.4 is 0 Å². The van der Waals surface area contributed by atoms with Crippen LogP contribution in [0.1, 0.15) is 0 Å². The summed E-state index contributed by atoms with van der Waals surface area (Å²) in [5.74, 6) is -4.77. The summed E-state index contributed by atoms with van der Waals surface area (Å²) in [4.78, 5) is 12.4. The van der Waals surface area contributed by atoms with Crippen molar-refractivity contribution in [2.45, 2.75) is 12.1 Å². The molecule has 0 aromatic heterocycles. The van der Waals surface area contributed by atoms with Crippen LogP contribution in [0.25, 0.3) is 0 Å². The second kappa shape index (κ2) is 4.63. The van der Waals surface area contributed by atoms with Crippen molar-refractivity contribution >= 4 is 6.09 Å². The molecule has 1 aliphatic rings. The topological polar surface area (TPSA) is 43.8 Å². The Bertz CT molecular complexity index is 286. The summed E-state index contributed by atoms with van der Waals surface area (Å²) in [6.45, 7) is -1.81. The van der Waals surface area contributed by atoms with Crippen molar-refractivity contribution in [3.8, 4) is 0 Å². The monoisotopic (exact) mass is 262 g/mol. The Kier molecular flexibility index (Phi) is 3.80. The smallest absolute Gasteiger partial charge is 0.454 e. The van der Waals surface area contributed by atoms with Gasteiger partial charge in [-0.05, 0) is 0 Å². The molecule has 1 amide bonds. The normalized spacial score (nSPS) is 19.5. The zero-order chi connectivity index (χ0) is 13.3. The number of rotatable bonds is 2. The molecule has 0 spiro atoms. The Morgan fingerprint density at radius 1 is 1.06 bits per heavy atom. The molecular weight excluding hydrogens is 251 g/mol. The molecule has 0 bridgehead atoms. The summed E-state index contributed by atoms with van der Waals surface area (Å²) in [7, 11) is 0. The van der Waals surface area contributed by atoms with Gasteiger partial charge in [-0.3, -0.25) is 4.90 Å². The molecule has 0 aromatic rings. The maximum Gasteiger partial charge on any atom is 0.454 e. The van der Waals surface area contributed by atoms with Gasteiger partial charge in [0.1, 0.15) is 0 Å². The molecule has 1 fully saturated rings. The zero-order valence-electron chi connectivity index (χ0n) is 8.68. The van der Waals surface area contributed by atoms with E-state index in [1.165, 1.54) is 0 Å². The van der Waals surface area contributed by atoms with E-state index < -0.39 is 24.7 Å². The van der Waals surface area contributed by atoms with Crippen molar-refractivity contribution in [1.29, 1.82) is 0 Å². The van der Waals surface area contributed by atoms with Gasteiger partial charge in [-0.2, -0.15) is 22.0 Å². The maximum atomic E-state index is 12.7. The third-order valence-electron chi connectivity index (χ3n) is 2.48. The fraction of sp³-hybridized carbons (Fsp3) is 0.875. The predicted octanol–water partition coefficient (Wildman–Crippen LogP) is 1.48. The molecule has 1 aliphatic heterocycles. The van der Waals surface area contributed by atoms with Crippen molar-refractivity contribution in [2.24, 2.45) is 0 Å². The van der Waals surface area contributed by atoms with E-state index in [1.807, 2.05) is 0 Å². The van der Waals surface area contributed by atoms with E-state index in [0.717, 1.165) is 9.80 Å². The van der Waals surface area contributed by atoms with Crippen LogP contribution in [-0.2, 0) is 0 Å². The lowest BCUT2D eigenvalue weighted by Crippen LogP contribution is -2.54. The highest BCUT2D eigenvalue weighted by atomic mass is 19.4. The average Bonchev–Trinajstić information content (AvgIpc) is 2.16. The summed E-state index contributed by atoms with van der Waals surface area (Å²) in [5, 5.41) is 8.57. The first kappa shape index (κ1) is 13.9. The highest BCUT2D eigenvalue weighted by Crippen LogP contribution is 2.36. The van der Waals surface area contributed by atoms with Crippen LogP contribution in [0, 0.1) is 0 Å². The summed E-state index contributed by atoms with van der Waals surface area (Å²) in [5.41, 5.74) is 0. The van der Waals surface area contributed by atoms with Gasteiger partial charge >= 0.3 is 18.2 Å². The zero-order valence-corrected chi connectivity index (χ0v) is 8.68. The Balaban J connectivity index is 2.48. The molecule has 4 nitrogen and oxygen atoms in total. The first-order valence-corrected chi connectivity index (χ1v) is 4.78. The standard InChI is InChI=1S/C8H11F5N2O2/c9-7(10,8(11,12)13)5-14-1-3-15(4-2-14)6(16)17/h1-5H2,(H,16,17). The van der Waals surface area contributed by atoms with Crippen molar-refractivity contribution in [3.63, 3.8) is 0 Å². The number of amides is 1. The van der Waals surface area contributed by atoms with E-state index in [1.54, 1.807) is 0 Å². The minimum absolute atomic E-state index is 0.0662. The number of piperazine rings is 1. The average molecular weight is 262 g/mol. The summed E-state index contributed by atoms with van der Waals surface area (Å²) in [6.07, 6.45) is -6.77. The SMILES string of the molecule is O=C(O)N1CCN(CC(F)(F)C(F)(F)F)CC1. The molecule has 0 radical (unpaired) electrons. The second-order valence-corrected chi connectivity index (χ2v) is 3.75. The quantitative estimate of drug-likeness (QED) is 0.766. The molecule has 0 unspecified atom stereocenters. The van der Waals surface area contributed by atoms with Crippen molar-refractivity contribution in [3.05, 3.63) is 0 Å². The van der Waals surface area contributed by atoms with Crippen LogP contribution in [0.5, 0.6) is 0 Å². The molecule has 1 N–H and O–H groups in total. The van der Waals surface area contributed by atoms with Gasteiger partial charge in [0.05, 0.1) is 6.54 Å². The fourth-order valence-electron chi connectivity index (χ4n) is 1.47. The van der Waals surface area contributed by atoms with E-state index in [-0.39, 0.29) is 26.2 Å². The highest BCUT2D eigenvalue weighted by Gasteiger charge is 2.58. The van der Waals surface area contributed by atoms with E-state index in [9.17, 15) is 26.7 Å². The summed E-state index contributed by atoms with van der Waals surface area (Å²) >= 11 is 0. The minimum Gasteiger partial charge on any atom is -0.465 e. The number of carbonyl (C=O) groups is 1. The minimum atomic E-state index is -5.57. The van der Waals surface area contributed by atoms with E-state index in [0.29, 0.717) is 0 Å². The van der Waals surface area contributed by atoms with E-state index in [2.05, 4.69) is 0 Å². The molecule has 100 valence electrons. The third kappa shape index (κ3) is 3.42. The van der Waals surface area contributed by atoms with Gasteiger partial charge in [-0.15, -0.1) is 0 Å². The molecule has 0 aromatic carbocycles. The van der Waals surface area contributed by atoms with Crippen LogP contribution in [0.15, 0.2) is 0 Å². The fourth-order valence-corrected chi connectivity index (χ4v) is 1.47. The largest absolute Gasteiger partial charge is 0.465 e. The molecule has 9 heteroatoms. The molecular formula is C8H11F5N2O2. The molecule has 0 saturated carbocycles. The molecule has 0 aliphatic carbocycles. The Labute approximate surface area is 93.6 Å². The van der Waals surface area contributed by atoms with Crippen LogP contribution in [0.4, 0.5) is 26.7 Å². The van der Waals surface area contributed by atoms with Gasteiger partial charge in [0.15, 0.2) is 0 Å². The van der Waals surface area contributed by atoms with Gasteiger partial charge in [-0.25, -0.2) is 4.79 Å². The maximum absolute atomic E-state index is 12.7. The number of alkyl halides is 5. The molecule has 1 saturated heterocycles. The van der Waals surface area contributed by atoms with Gasteiger partial charge < -0.3 is 10.0 Å². The summed E-state index contributed by atoms with van der Waals surface area (Å²) < 4.78 is 61.1. The molecule has 1 heterocycles. The van der Waals surface area contributed by atoms with Crippen LogP contribution in [0.3, 0.4) is 0 Å². The van der Waals surface area contributed by atoms with Gasteiger partial charge in [0.25, 0.3) is 0 Å². The molecule has 0 atom stereocenters. The van der Waals surface area contributed by atoms with Gasteiger partial charge in [0.2, 0.25) is 0 Å². The summed E-state index contributed by atoms with van der Waals surface area (Å²) in [6, 6.07) is 0. The van der Waals surface area contributed by atoms with Crippen molar-refractivity contribution < 1.29 is 31.9 Å². The number of nitrogens with zero attached hydrogens (tertiary/aromatic N) is 2. The van der Waals surface area contributed by atoms with Crippen LogP contribution >= 0.6 is 0 Å². The lowest BCUT2D eigenvalue weighted by Gasteiger charge is -2.35. The Morgan fingerprint density at radius 2 is 1.53 bits per heavy atom. The van der Waals surface area contributed by atoms with Gasteiger partial charge in [0, 0.05) is 26.2 Å². The molecule has 17 heavy (non-hydrogen) atoms. The highest BCUT2D eigenvalue weighted by molar-refractivity contribution is 5.65. The second-order valence-electron chi connectivity index (χ2n) is 3.75. The van der Waals surface area contributed by atoms with Crippen molar-refractivity contribution in [1.82, 2.24) is 9.80 Å². The van der Waals surface area contributed by atoms with Crippen molar-refractivity contribution in [2.75, 3.05) is 32.7 Å². The number of hydrogen-bond acceptors (Lipinski definition) is 2. The Morgan fingerprint density at radius 3 is 1.88 bits per heavy atom. The third-order valence-corrected chi connectivity index (χ3v) is 2.48. The lowest BCUT2D eigenvalue weighted by atomic mass is 10.2. The first-order chi connectivity index (χ1) is 7.63. The predicted molar refractivity (Wildman–Crippen MR) is 47.0 cm³/mol. The lowest BCUT2D eigenvalue weighted by molar-refractivity contribution is -0.287. The van der Waals surface area contributed by atoms with E-state index >= 15 is 0 Å². The molecule has 1 rings (SSSR count). The number of carboxylic acid groups (broad SMARTS) is 1. The number of hydrogen-bond donors (Lipinski definition) is 1.